The molecule has 0 saturated carbocycles. The van der Waals surface area contributed by atoms with E-state index in [0.717, 1.165) is 18.2 Å². The molecule has 112 valence electrons. The second kappa shape index (κ2) is 6.49. The number of carbonyl (C=O) groups is 2. The van der Waals surface area contributed by atoms with Crippen LogP contribution in [0.5, 0.6) is 0 Å². The molecule has 2 N–H and O–H groups in total. The highest BCUT2D eigenvalue weighted by atomic mass is 19.1. The lowest BCUT2D eigenvalue weighted by molar-refractivity contribution is -0.131. The highest BCUT2D eigenvalue weighted by Crippen LogP contribution is 2.17. The second-order valence-corrected chi connectivity index (χ2v) is 4.93. The summed E-state index contributed by atoms with van der Waals surface area (Å²) in [6.07, 6.45) is 2.64. The molecule has 0 radical (unpaired) electrons. The molecule has 0 atom stereocenters. The molecule has 1 saturated heterocycles. The first-order valence-corrected chi connectivity index (χ1v) is 6.65. The Labute approximate surface area is 121 Å². The van der Waals surface area contributed by atoms with E-state index in [0.29, 0.717) is 25.9 Å². The molecule has 0 aromatic heterocycles. The van der Waals surface area contributed by atoms with Crippen molar-refractivity contribution in [3.8, 4) is 0 Å². The Morgan fingerprint density at radius 2 is 1.95 bits per heavy atom. The van der Waals surface area contributed by atoms with Crippen molar-refractivity contribution < 1.29 is 24.2 Å². The average Bonchev–Trinajstić information content (AvgIpc) is 2.46. The molecule has 1 aromatic carbocycles. The minimum atomic E-state index is -1.17. The number of carboxylic acid groups (broad SMARTS) is 1. The molecule has 21 heavy (non-hydrogen) atoms. The number of carboxylic acids is 1. The largest absolute Gasteiger partial charge is 0.478 e. The van der Waals surface area contributed by atoms with Crippen LogP contribution in [0, 0.1) is 5.82 Å². The minimum Gasteiger partial charge on any atom is -0.478 e. The van der Waals surface area contributed by atoms with Crippen LogP contribution in [0.25, 0.3) is 6.08 Å². The lowest BCUT2D eigenvalue weighted by Gasteiger charge is -2.29. The molecule has 0 spiro atoms. The highest BCUT2D eigenvalue weighted by molar-refractivity contribution is 5.94. The van der Waals surface area contributed by atoms with E-state index < -0.39 is 11.8 Å². The fourth-order valence-corrected chi connectivity index (χ4v) is 2.21. The first kappa shape index (κ1) is 15.2. The Bertz CT molecular complexity index is 577. The summed E-state index contributed by atoms with van der Waals surface area (Å²) < 4.78 is 13.8. The van der Waals surface area contributed by atoms with Crippen LogP contribution in [0.3, 0.4) is 0 Å². The number of aliphatic carboxylic acids is 1. The number of aliphatic hydroxyl groups is 1. The zero-order chi connectivity index (χ0) is 15.4. The van der Waals surface area contributed by atoms with Gasteiger partial charge < -0.3 is 15.1 Å². The van der Waals surface area contributed by atoms with Gasteiger partial charge in [-0.05, 0) is 31.1 Å². The SMILES string of the molecule is O=C(O)C=Cc1ccc(C(=O)N2CCC(O)CC2)cc1F. The number of likely N-dealkylation sites (tertiary alicyclic amines) is 1. The third-order valence-corrected chi connectivity index (χ3v) is 3.40. The summed E-state index contributed by atoms with van der Waals surface area (Å²) in [4.78, 5) is 24.2. The quantitative estimate of drug-likeness (QED) is 0.828. The van der Waals surface area contributed by atoms with Gasteiger partial charge in [0.2, 0.25) is 0 Å². The van der Waals surface area contributed by atoms with Crippen molar-refractivity contribution in [3.63, 3.8) is 0 Å². The lowest BCUT2D eigenvalue weighted by Crippen LogP contribution is -2.40. The fourth-order valence-electron chi connectivity index (χ4n) is 2.21. The van der Waals surface area contributed by atoms with E-state index in [9.17, 15) is 19.1 Å². The van der Waals surface area contributed by atoms with Crippen molar-refractivity contribution in [1.82, 2.24) is 4.90 Å². The van der Waals surface area contributed by atoms with Gasteiger partial charge in [-0.25, -0.2) is 9.18 Å². The van der Waals surface area contributed by atoms with Crippen molar-refractivity contribution in [2.45, 2.75) is 18.9 Å². The lowest BCUT2D eigenvalue weighted by atomic mass is 10.1. The molecule has 1 aliphatic heterocycles. The molecule has 0 bridgehead atoms. The summed E-state index contributed by atoms with van der Waals surface area (Å²) in [6.45, 7) is 0.893. The van der Waals surface area contributed by atoms with Crippen LogP contribution in [-0.4, -0.2) is 46.2 Å². The number of hydrogen-bond donors (Lipinski definition) is 2. The first-order valence-electron chi connectivity index (χ1n) is 6.65. The maximum absolute atomic E-state index is 13.8. The molecule has 0 unspecified atom stereocenters. The van der Waals surface area contributed by atoms with Gasteiger partial charge in [0.05, 0.1) is 6.10 Å². The van der Waals surface area contributed by atoms with E-state index in [1.807, 2.05) is 0 Å². The van der Waals surface area contributed by atoms with Gasteiger partial charge in [-0.2, -0.15) is 0 Å². The Balaban J connectivity index is 2.12. The summed E-state index contributed by atoms with van der Waals surface area (Å²) >= 11 is 0. The number of aliphatic hydroxyl groups excluding tert-OH is 1. The molecule has 6 heteroatoms. The smallest absolute Gasteiger partial charge is 0.328 e. The van der Waals surface area contributed by atoms with Gasteiger partial charge in [0.25, 0.3) is 5.91 Å². The van der Waals surface area contributed by atoms with Crippen LogP contribution in [0.2, 0.25) is 0 Å². The minimum absolute atomic E-state index is 0.114. The van der Waals surface area contributed by atoms with Crippen LogP contribution >= 0.6 is 0 Å². The average molecular weight is 293 g/mol. The molecular formula is C15H16FNO4. The van der Waals surface area contributed by atoms with Gasteiger partial charge in [-0.15, -0.1) is 0 Å². The van der Waals surface area contributed by atoms with Crippen molar-refractivity contribution in [2.24, 2.45) is 0 Å². The standard InChI is InChI=1S/C15H16FNO4/c16-13-9-11(2-1-10(13)3-4-14(19)20)15(21)17-7-5-12(18)6-8-17/h1-4,9,12,18H,5-8H2,(H,19,20). The van der Waals surface area contributed by atoms with Crippen molar-refractivity contribution in [1.29, 1.82) is 0 Å². The Kier molecular flexibility index (Phi) is 4.70. The predicted molar refractivity (Wildman–Crippen MR) is 74.2 cm³/mol. The van der Waals surface area contributed by atoms with E-state index in [1.165, 1.54) is 12.1 Å². The van der Waals surface area contributed by atoms with Crippen LogP contribution in [-0.2, 0) is 4.79 Å². The van der Waals surface area contributed by atoms with Gasteiger partial charge in [0, 0.05) is 30.3 Å². The molecule has 1 amide bonds. The van der Waals surface area contributed by atoms with Crippen LogP contribution < -0.4 is 0 Å². The zero-order valence-corrected chi connectivity index (χ0v) is 11.3. The summed E-state index contributed by atoms with van der Waals surface area (Å²) in [6, 6.07) is 3.95. The molecular weight excluding hydrogens is 277 g/mol. The Hall–Kier alpha value is -2.21. The molecule has 1 aliphatic rings. The number of carbonyl (C=O) groups excluding carboxylic acids is 1. The number of rotatable bonds is 3. The molecule has 0 aliphatic carbocycles. The number of benzene rings is 1. The van der Waals surface area contributed by atoms with Crippen molar-refractivity contribution >= 4 is 18.0 Å². The van der Waals surface area contributed by atoms with Gasteiger partial charge >= 0.3 is 5.97 Å². The number of amides is 1. The van der Waals surface area contributed by atoms with Crippen LogP contribution in [0.1, 0.15) is 28.8 Å². The van der Waals surface area contributed by atoms with Gasteiger partial charge in [-0.1, -0.05) is 6.07 Å². The molecule has 1 heterocycles. The van der Waals surface area contributed by atoms with Crippen molar-refractivity contribution in [2.75, 3.05) is 13.1 Å². The summed E-state index contributed by atoms with van der Waals surface area (Å²) in [5, 5.41) is 17.9. The molecule has 1 aromatic rings. The third-order valence-electron chi connectivity index (χ3n) is 3.40. The fraction of sp³-hybridized carbons (Fsp3) is 0.333. The van der Waals surface area contributed by atoms with E-state index in [1.54, 1.807) is 4.90 Å². The number of piperidine rings is 1. The third kappa shape index (κ3) is 3.88. The molecule has 2 rings (SSSR count). The maximum atomic E-state index is 13.8. The monoisotopic (exact) mass is 293 g/mol. The Morgan fingerprint density at radius 3 is 2.52 bits per heavy atom. The summed E-state index contributed by atoms with van der Waals surface area (Å²) in [7, 11) is 0. The van der Waals surface area contributed by atoms with E-state index >= 15 is 0 Å². The van der Waals surface area contributed by atoms with E-state index in [2.05, 4.69) is 0 Å². The highest BCUT2D eigenvalue weighted by Gasteiger charge is 2.22. The number of halogens is 1. The van der Waals surface area contributed by atoms with Crippen LogP contribution in [0.4, 0.5) is 4.39 Å². The second-order valence-electron chi connectivity index (χ2n) is 4.93. The normalized spacial score (nSPS) is 16.4. The zero-order valence-electron chi connectivity index (χ0n) is 11.3. The Morgan fingerprint density at radius 1 is 1.29 bits per heavy atom. The van der Waals surface area contributed by atoms with Gasteiger partial charge in [-0.3, -0.25) is 4.79 Å². The maximum Gasteiger partial charge on any atom is 0.328 e. The summed E-state index contributed by atoms with van der Waals surface area (Å²) in [5.41, 5.74) is 0.333. The number of nitrogens with zero attached hydrogens (tertiary/aromatic N) is 1. The topological polar surface area (TPSA) is 77.8 Å². The molecule has 1 fully saturated rings. The first-order chi connectivity index (χ1) is 9.97. The summed E-state index contributed by atoms with van der Waals surface area (Å²) in [5.74, 6) is -2.09. The molecule has 5 nitrogen and oxygen atoms in total. The van der Waals surface area contributed by atoms with Gasteiger partial charge in [0.1, 0.15) is 5.82 Å². The predicted octanol–water partition coefficient (Wildman–Crippen LogP) is 1.52. The van der Waals surface area contributed by atoms with E-state index in [4.69, 9.17) is 5.11 Å². The van der Waals surface area contributed by atoms with Crippen molar-refractivity contribution in [3.05, 3.63) is 41.2 Å². The number of hydrogen-bond acceptors (Lipinski definition) is 3. The van der Waals surface area contributed by atoms with E-state index in [-0.39, 0.29) is 23.1 Å². The van der Waals surface area contributed by atoms with Crippen LogP contribution in [0.15, 0.2) is 24.3 Å². The van der Waals surface area contributed by atoms with Gasteiger partial charge in [0.15, 0.2) is 0 Å².